The van der Waals surface area contributed by atoms with Crippen LogP contribution in [0, 0.1) is 11.3 Å². The fourth-order valence-electron chi connectivity index (χ4n) is 2.71. The van der Waals surface area contributed by atoms with Gasteiger partial charge >= 0.3 is 0 Å². The van der Waals surface area contributed by atoms with Crippen LogP contribution in [0.1, 0.15) is 18.9 Å². The molecule has 2 aromatic carbocycles. The maximum atomic E-state index is 12.4. The number of carbonyl (C=O) groups excluding carboxylic acids is 2. The summed E-state index contributed by atoms with van der Waals surface area (Å²) in [7, 11) is 0. The number of nitrogens with zero attached hydrogens (tertiary/aromatic N) is 2. The molecule has 0 fully saturated rings. The van der Waals surface area contributed by atoms with Gasteiger partial charge in [-0.1, -0.05) is 23.7 Å². The van der Waals surface area contributed by atoms with Crippen LogP contribution in [0.15, 0.2) is 42.5 Å². The minimum Gasteiger partial charge on any atom is -0.479 e. The first-order valence-corrected chi connectivity index (χ1v) is 8.44. The van der Waals surface area contributed by atoms with Crippen molar-refractivity contribution in [1.29, 1.82) is 5.26 Å². The SMILES string of the molecule is CC1Oc2ccccc2N(CCC(=O)Nc2ccc(C#N)c(Cl)c2)C1=O. The number of para-hydroxylation sites is 2. The number of ether oxygens (including phenoxy) is 1. The molecule has 1 aliphatic heterocycles. The molecule has 0 saturated heterocycles. The third kappa shape index (κ3) is 3.63. The van der Waals surface area contributed by atoms with Gasteiger partial charge in [0.25, 0.3) is 5.91 Å². The van der Waals surface area contributed by atoms with E-state index in [-0.39, 0.29) is 29.8 Å². The second kappa shape index (κ2) is 7.46. The monoisotopic (exact) mass is 369 g/mol. The zero-order chi connectivity index (χ0) is 18.7. The van der Waals surface area contributed by atoms with Crippen LogP contribution in [0.25, 0.3) is 0 Å². The minimum atomic E-state index is -0.592. The van der Waals surface area contributed by atoms with Crippen LogP contribution < -0.4 is 15.0 Å². The number of rotatable bonds is 4. The summed E-state index contributed by atoms with van der Waals surface area (Å²) in [6.45, 7) is 1.92. The number of nitriles is 1. The third-order valence-electron chi connectivity index (χ3n) is 4.01. The molecule has 1 heterocycles. The largest absolute Gasteiger partial charge is 0.479 e. The van der Waals surface area contributed by atoms with E-state index in [1.807, 2.05) is 18.2 Å². The van der Waals surface area contributed by atoms with E-state index >= 15 is 0 Å². The van der Waals surface area contributed by atoms with E-state index in [0.717, 1.165) is 0 Å². The highest BCUT2D eigenvalue weighted by Gasteiger charge is 2.31. The van der Waals surface area contributed by atoms with E-state index in [9.17, 15) is 9.59 Å². The molecule has 1 atom stereocenters. The Balaban J connectivity index is 1.67. The lowest BCUT2D eigenvalue weighted by Gasteiger charge is -2.32. The van der Waals surface area contributed by atoms with Crippen LogP contribution in [-0.4, -0.2) is 24.5 Å². The number of nitrogens with one attached hydrogen (secondary N) is 1. The lowest BCUT2D eigenvalue weighted by molar-refractivity contribution is -0.125. The molecular formula is C19H16ClN3O3. The molecule has 0 spiro atoms. The first-order valence-electron chi connectivity index (χ1n) is 8.06. The summed E-state index contributed by atoms with van der Waals surface area (Å²) in [5, 5.41) is 11.9. The third-order valence-corrected chi connectivity index (χ3v) is 4.32. The van der Waals surface area contributed by atoms with E-state index in [0.29, 0.717) is 22.7 Å². The van der Waals surface area contributed by atoms with Gasteiger partial charge in [-0.15, -0.1) is 0 Å². The summed E-state index contributed by atoms with van der Waals surface area (Å²) in [5.74, 6) is 0.187. The molecule has 1 unspecified atom stereocenters. The molecule has 0 aromatic heterocycles. The normalized spacial score (nSPS) is 15.7. The molecule has 7 heteroatoms. The summed E-state index contributed by atoms with van der Waals surface area (Å²) in [6.07, 6.45) is -0.477. The Morgan fingerprint density at radius 2 is 2.12 bits per heavy atom. The number of hydrogen-bond acceptors (Lipinski definition) is 4. The number of benzene rings is 2. The molecule has 1 aliphatic rings. The predicted octanol–water partition coefficient (Wildman–Crippen LogP) is 3.35. The Hall–Kier alpha value is -3.04. The van der Waals surface area contributed by atoms with Gasteiger partial charge in [0.05, 0.1) is 16.3 Å². The Morgan fingerprint density at radius 3 is 2.85 bits per heavy atom. The molecule has 26 heavy (non-hydrogen) atoms. The topological polar surface area (TPSA) is 82.4 Å². The second-order valence-electron chi connectivity index (χ2n) is 5.82. The van der Waals surface area contributed by atoms with Crippen molar-refractivity contribution >= 4 is 34.8 Å². The van der Waals surface area contributed by atoms with E-state index in [2.05, 4.69) is 5.32 Å². The maximum absolute atomic E-state index is 12.4. The summed E-state index contributed by atoms with van der Waals surface area (Å²) < 4.78 is 5.58. The minimum absolute atomic E-state index is 0.115. The highest BCUT2D eigenvalue weighted by molar-refractivity contribution is 6.32. The van der Waals surface area contributed by atoms with E-state index in [4.69, 9.17) is 21.6 Å². The molecule has 132 valence electrons. The van der Waals surface area contributed by atoms with Gasteiger partial charge in [-0.2, -0.15) is 5.26 Å². The van der Waals surface area contributed by atoms with Gasteiger partial charge in [-0.05, 0) is 37.3 Å². The summed E-state index contributed by atoms with van der Waals surface area (Å²) in [4.78, 5) is 26.2. The lowest BCUT2D eigenvalue weighted by Crippen LogP contribution is -2.45. The highest BCUT2D eigenvalue weighted by Crippen LogP contribution is 2.33. The standard InChI is InChI=1S/C19H16ClN3O3/c1-12-19(25)23(16-4-2-3-5-17(16)26-12)9-8-18(24)22-14-7-6-13(11-21)15(20)10-14/h2-7,10,12H,8-9H2,1H3,(H,22,24). The maximum Gasteiger partial charge on any atom is 0.267 e. The summed E-state index contributed by atoms with van der Waals surface area (Å²) in [5.41, 5.74) is 1.50. The fraction of sp³-hybridized carbons (Fsp3) is 0.211. The molecule has 0 aliphatic carbocycles. The molecule has 0 bridgehead atoms. The van der Waals surface area contributed by atoms with Crippen molar-refractivity contribution in [3.8, 4) is 11.8 Å². The van der Waals surface area contributed by atoms with Crippen LogP contribution in [0.4, 0.5) is 11.4 Å². The number of fused-ring (bicyclic) bond motifs is 1. The Labute approximate surface area is 155 Å². The number of anilines is 2. The molecule has 3 rings (SSSR count). The smallest absolute Gasteiger partial charge is 0.267 e. The van der Waals surface area contributed by atoms with Crippen LogP contribution in [0.5, 0.6) is 5.75 Å². The molecule has 0 radical (unpaired) electrons. The highest BCUT2D eigenvalue weighted by atomic mass is 35.5. The van der Waals surface area contributed by atoms with Gasteiger partial charge in [0, 0.05) is 18.7 Å². The Bertz CT molecular complexity index is 907. The van der Waals surface area contributed by atoms with Crippen LogP contribution >= 0.6 is 11.6 Å². The Kier molecular flexibility index (Phi) is 5.10. The van der Waals surface area contributed by atoms with Crippen LogP contribution in [0.3, 0.4) is 0 Å². The molecule has 6 nitrogen and oxygen atoms in total. The van der Waals surface area contributed by atoms with Gasteiger partial charge in [0.1, 0.15) is 11.8 Å². The predicted molar refractivity (Wildman–Crippen MR) is 98.3 cm³/mol. The number of amides is 2. The molecule has 2 aromatic rings. The van der Waals surface area contributed by atoms with Crippen molar-refractivity contribution in [3.05, 3.63) is 53.1 Å². The first-order chi connectivity index (χ1) is 12.5. The van der Waals surface area contributed by atoms with Gasteiger partial charge in [0.2, 0.25) is 5.91 Å². The summed E-state index contributed by atoms with van der Waals surface area (Å²) in [6, 6.07) is 13.9. The van der Waals surface area contributed by atoms with Gasteiger partial charge in [-0.3, -0.25) is 9.59 Å². The molecule has 2 amide bonds. The summed E-state index contributed by atoms with van der Waals surface area (Å²) >= 11 is 5.96. The van der Waals surface area contributed by atoms with Crippen LogP contribution in [-0.2, 0) is 9.59 Å². The van der Waals surface area contributed by atoms with Crippen molar-refractivity contribution in [2.75, 3.05) is 16.8 Å². The van der Waals surface area contributed by atoms with Crippen molar-refractivity contribution in [1.82, 2.24) is 0 Å². The first kappa shape index (κ1) is 17.8. The average Bonchev–Trinajstić information content (AvgIpc) is 2.62. The average molecular weight is 370 g/mol. The molecule has 0 saturated carbocycles. The zero-order valence-corrected chi connectivity index (χ0v) is 14.8. The van der Waals surface area contributed by atoms with E-state index < -0.39 is 6.10 Å². The number of carbonyl (C=O) groups is 2. The van der Waals surface area contributed by atoms with Crippen molar-refractivity contribution in [2.45, 2.75) is 19.4 Å². The quantitative estimate of drug-likeness (QED) is 0.895. The lowest BCUT2D eigenvalue weighted by atomic mass is 10.1. The molecular weight excluding hydrogens is 354 g/mol. The van der Waals surface area contributed by atoms with E-state index in [1.165, 1.54) is 6.07 Å². The van der Waals surface area contributed by atoms with Crippen molar-refractivity contribution in [2.24, 2.45) is 0 Å². The van der Waals surface area contributed by atoms with Gasteiger partial charge in [0.15, 0.2) is 6.10 Å². The van der Waals surface area contributed by atoms with Crippen molar-refractivity contribution in [3.63, 3.8) is 0 Å². The number of hydrogen-bond donors (Lipinski definition) is 1. The second-order valence-corrected chi connectivity index (χ2v) is 6.23. The molecule has 1 N–H and O–H groups in total. The van der Waals surface area contributed by atoms with Crippen LogP contribution in [0.2, 0.25) is 5.02 Å². The van der Waals surface area contributed by atoms with Gasteiger partial charge < -0.3 is 15.0 Å². The zero-order valence-electron chi connectivity index (χ0n) is 14.0. The van der Waals surface area contributed by atoms with Gasteiger partial charge in [-0.25, -0.2) is 0 Å². The number of halogens is 1. The Morgan fingerprint density at radius 1 is 1.35 bits per heavy atom. The van der Waals surface area contributed by atoms with Crippen molar-refractivity contribution < 1.29 is 14.3 Å². The van der Waals surface area contributed by atoms with E-state index in [1.54, 1.807) is 36.1 Å². The fourth-order valence-corrected chi connectivity index (χ4v) is 2.93.